The highest BCUT2D eigenvalue weighted by Gasteiger charge is 2.23. The second kappa shape index (κ2) is 8.13. The van der Waals surface area contributed by atoms with Crippen LogP contribution in [0.3, 0.4) is 0 Å². The summed E-state index contributed by atoms with van der Waals surface area (Å²) in [5.41, 5.74) is 0.688. The smallest absolute Gasteiger partial charge is 0.255 e. The van der Waals surface area contributed by atoms with Gasteiger partial charge in [0.05, 0.1) is 5.56 Å². The molecule has 1 amide bonds. The van der Waals surface area contributed by atoms with E-state index in [1.807, 2.05) is 24.1 Å². The van der Waals surface area contributed by atoms with Gasteiger partial charge in [-0.15, -0.1) is 0 Å². The maximum atomic E-state index is 12.6. The molecule has 5 heteroatoms. The molecule has 1 saturated heterocycles. The standard InChI is InChI=1S/C17H28N4O/c1-4-10-20(5-2)16-9-8-14(12-19-16)17(22)21-11-6-7-15(13-21)18-3/h8-9,12,15,18H,4-7,10-11,13H2,1-3H3. The second-order valence-electron chi connectivity index (χ2n) is 5.86. The van der Waals surface area contributed by atoms with Gasteiger partial charge in [-0.05, 0) is 45.4 Å². The van der Waals surface area contributed by atoms with Crippen LogP contribution in [0.25, 0.3) is 0 Å². The molecule has 5 nitrogen and oxygen atoms in total. The van der Waals surface area contributed by atoms with Gasteiger partial charge in [0, 0.05) is 38.4 Å². The van der Waals surface area contributed by atoms with Crippen molar-refractivity contribution in [2.75, 3.05) is 38.1 Å². The van der Waals surface area contributed by atoms with Crippen LogP contribution in [0.5, 0.6) is 0 Å². The summed E-state index contributed by atoms with van der Waals surface area (Å²) in [5.74, 6) is 1.05. The minimum atomic E-state index is 0.0949. The van der Waals surface area contributed by atoms with E-state index in [0.29, 0.717) is 11.6 Å². The van der Waals surface area contributed by atoms with Crippen molar-refractivity contribution in [2.45, 2.75) is 39.2 Å². The van der Waals surface area contributed by atoms with E-state index in [-0.39, 0.29) is 5.91 Å². The summed E-state index contributed by atoms with van der Waals surface area (Å²) in [6, 6.07) is 4.28. The van der Waals surface area contributed by atoms with Gasteiger partial charge in [-0.1, -0.05) is 6.92 Å². The van der Waals surface area contributed by atoms with Crippen LogP contribution >= 0.6 is 0 Å². The third-order valence-electron chi connectivity index (χ3n) is 4.31. The molecule has 0 aromatic carbocycles. The number of nitrogens with zero attached hydrogens (tertiary/aromatic N) is 3. The topological polar surface area (TPSA) is 48.5 Å². The van der Waals surface area contributed by atoms with Crippen molar-refractivity contribution < 1.29 is 4.79 Å². The summed E-state index contributed by atoms with van der Waals surface area (Å²) in [5, 5.41) is 3.27. The predicted molar refractivity (Wildman–Crippen MR) is 90.4 cm³/mol. The van der Waals surface area contributed by atoms with Gasteiger partial charge < -0.3 is 15.1 Å². The van der Waals surface area contributed by atoms with Crippen LogP contribution < -0.4 is 10.2 Å². The van der Waals surface area contributed by atoms with Crippen LogP contribution in [-0.4, -0.2) is 55.1 Å². The summed E-state index contributed by atoms with van der Waals surface area (Å²) in [6.45, 7) is 7.84. The van der Waals surface area contributed by atoms with E-state index in [4.69, 9.17) is 0 Å². The van der Waals surface area contributed by atoms with Crippen LogP contribution in [0.15, 0.2) is 18.3 Å². The van der Waals surface area contributed by atoms with Gasteiger partial charge in [-0.2, -0.15) is 0 Å². The van der Waals surface area contributed by atoms with Gasteiger partial charge >= 0.3 is 0 Å². The van der Waals surface area contributed by atoms with E-state index >= 15 is 0 Å². The number of piperidine rings is 1. The van der Waals surface area contributed by atoms with Crippen molar-refractivity contribution in [3.63, 3.8) is 0 Å². The molecule has 122 valence electrons. The maximum absolute atomic E-state index is 12.6. The van der Waals surface area contributed by atoms with Gasteiger partial charge in [-0.25, -0.2) is 4.98 Å². The zero-order valence-electron chi connectivity index (χ0n) is 14.0. The molecule has 1 aromatic rings. The van der Waals surface area contributed by atoms with E-state index in [1.165, 1.54) is 0 Å². The van der Waals surface area contributed by atoms with Gasteiger partial charge in [-0.3, -0.25) is 4.79 Å². The quantitative estimate of drug-likeness (QED) is 0.875. The van der Waals surface area contributed by atoms with Crippen molar-refractivity contribution >= 4 is 11.7 Å². The average Bonchev–Trinajstić information content (AvgIpc) is 2.59. The average molecular weight is 304 g/mol. The van der Waals surface area contributed by atoms with Gasteiger partial charge in [0.1, 0.15) is 5.82 Å². The molecule has 0 saturated carbocycles. The first-order valence-electron chi connectivity index (χ1n) is 8.37. The van der Waals surface area contributed by atoms with E-state index < -0.39 is 0 Å². The Morgan fingerprint density at radius 2 is 2.27 bits per heavy atom. The molecule has 22 heavy (non-hydrogen) atoms. The van der Waals surface area contributed by atoms with E-state index in [1.54, 1.807) is 6.20 Å². The SMILES string of the molecule is CCCN(CC)c1ccc(C(=O)N2CCCC(NC)C2)cn1. The first-order chi connectivity index (χ1) is 10.7. The van der Waals surface area contributed by atoms with Crippen molar-refractivity contribution in [1.29, 1.82) is 0 Å². The maximum Gasteiger partial charge on any atom is 0.255 e. The Kier molecular flexibility index (Phi) is 6.19. The third kappa shape index (κ3) is 3.97. The number of anilines is 1. The van der Waals surface area contributed by atoms with Crippen molar-refractivity contribution in [1.82, 2.24) is 15.2 Å². The number of carbonyl (C=O) groups is 1. The Morgan fingerprint density at radius 1 is 1.45 bits per heavy atom. The highest BCUT2D eigenvalue weighted by Crippen LogP contribution is 2.16. The fourth-order valence-corrected chi connectivity index (χ4v) is 2.98. The van der Waals surface area contributed by atoms with Crippen molar-refractivity contribution in [3.05, 3.63) is 23.9 Å². The number of pyridine rings is 1. The molecule has 1 aliphatic rings. The summed E-state index contributed by atoms with van der Waals surface area (Å²) in [7, 11) is 1.96. The van der Waals surface area contributed by atoms with Crippen molar-refractivity contribution in [3.8, 4) is 0 Å². The molecule has 1 N–H and O–H groups in total. The Bertz CT molecular complexity index is 474. The number of likely N-dealkylation sites (N-methyl/N-ethyl adjacent to an activating group) is 1. The Labute approximate surface area is 133 Å². The molecule has 1 unspecified atom stereocenters. The van der Waals surface area contributed by atoms with Gasteiger partial charge in [0.25, 0.3) is 5.91 Å². The minimum absolute atomic E-state index is 0.0949. The number of aromatic nitrogens is 1. The molecule has 1 aliphatic heterocycles. The fraction of sp³-hybridized carbons (Fsp3) is 0.647. The second-order valence-corrected chi connectivity index (χ2v) is 5.86. The monoisotopic (exact) mass is 304 g/mol. The van der Waals surface area contributed by atoms with Crippen molar-refractivity contribution in [2.24, 2.45) is 0 Å². The summed E-state index contributed by atoms with van der Waals surface area (Å²) >= 11 is 0. The minimum Gasteiger partial charge on any atom is -0.357 e. The van der Waals surface area contributed by atoms with E-state index in [0.717, 1.165) is 51.3 Å². The van der Waals surface area contributed by atoms with Crippen LogP contribution in [0.4, 0.5) is 5.82 Å². The molecular formula is C17H28N4O. The van der Waals surface area contributed by atoms with E-state index in [2.05, 4.69) is 29.0 Å². The molecule has 2 rings (SSSR count). The normalized spacial score (nSPS) is 18.3. The molecule has 0 spiro atoms. The van der Waals surface area contributed by atoms with E-state index in [9.17, 15) is 4.79 Å². The third-order valence-corrected chi connectivity index (χ3v) is 4.31. The fourth-order valence-electron chi connectivity index (χ4n) is 2.98. The summed E-state index contributed by atoms with van der Waals surface area (Å²) in [4.78, 5) is 21.2. The van der Waals surface area contributed by atoms with Crippen LogP contribution in [0, 0.1) is 0 Å². The van der Waals surface area contributed by atoms with Crippen LogP contribution in [0.2, 0.25) is 0 Å². The number of carbonyl (C=O) groups excluding carboxylic acids is 1. The zero-order chi connectivity index (χ0) is 15.9. The lowest BCUT2D eigenvalue weighted by Gasteiger charge is -2.32. The highest BCUT2D eigenvalue weighted by molar-refractivity contribution is 5.94. The Balaban J connectivity index is 2.04. The Hall–Kier alpha value is -1.62. The number of hydrogen-bond acceptors (Lipinski definition) is 4. The Morgan fingerprint density at radius 3 is 2.86 bits per heavy atom. The molecule has 1 fully saturated rings. The highest BCUT2D eigenvalue weighted by atomic mass is 16.2. The molecule has 2 heterocycles. The first kappa shape index (κ1) is 16.7. The lowest BCUT2D eigenvalue weighted by Crippen LogP contribution is -2.47. The predicted octanol–water partition coefficient (Wildman–Crippen LogP) is 2.14. The zero-order valence-corrected chi connectivity index (χ0v) is 14.0. The lowest BCUT2D eigenvalue weighted by atomic mass is 10.1. The summed E-state index contributed by atoms with van der Waals surface area (Å²) < 4.78 is 0. The van der Waals surface area contributed by atoms with Crippen LogP contribution in [0.1, 0.15) is 43.5 Å². The number of amides is 1. The number of nitrogens with one attached hydrogen (secondary N) is 1. The van der Waals surface area contributed by atoms with Crippen LogP contribution in [-0.2, 0) is 0 Å². The summed E-state index contributed by atoms with van der Waals surface area (Å²) in [6.07, 6.45) is 5.01. The molecule has 0 aliphatic carbocycles. The number of hydrogen-bond donors (Lipinski definition) is 1. The lowest BCUT2D eigenvalue weighted by molar-refractivity contribution is 0.0698. The molecule has 0 bridgehead atoms. The molecular weight excluding hydrogens is 276 g/mol. The molecule has 0 radical (unpaired) electrons. The largest absolute Gasteiger partial charge is 0.357 e. The molecule has 1 atom stereocenters. The van der Waals surface area contributed by atoms with Gasteiger partial charge in [0.2, 0.25) is 0 Å². The number of rotatable bonds is 6. The number of likely N-dealkylation sites (tertiary alicyclic amines) is 1. The molecule has 1 aromatic heterocycles. The van der Waals surface area contributed by atoms with Gasteiger partial charge in [0.15, 0.2) is 0 Å². The first-order valence-corrected chi connectivity index (χ1v) is 8.37.